The van der Waals surface area contributed by atoms with E-state index in [9.17, 15) is 4.79 Å². The highest BCUT2D eigenvalue weighted by molar-refractivity contribution is 5.78. The smallest absolute Gasteiger partial charge is 0.227 e. The second-order valence-corrected chi connectivity index (χ2v) is 6.16. The fourth-order valence-electron chi connectivity index (χ4n) is 3.29. The van der Waals surface area contributed by atoms with Gasteiger partial charge in [0.05, 0.1) is 18.1 Å². The molecule has 3 rings (SSSR count). The van der Waals surface area contributed by atoms with Crippen molar-refractivity contribution in [1.29, 1.82) is 0 Å². The van der Waals surface area contributed by atoms with Gasteiger partial charge in [0.1, 0.15) is 0 Å². The summed E-state index contributed by atoms with van der Waals surface area (Å²) in [5, 5.41) is 0. The van der Waals surface area contributed by atoms with Gasteiger partial charge in [0.15, 0.2) is 0 Å². The average Bonchev–Trinajstić information content (AvgIpc) is 2.92. The molecule has 0 aromatic carbocycles. The topological polar surface area (TPSA) is 58.6 Å². The summed E-state index contributed by atoms with van der Waals surface area (Å²) in [5.74, 6) is 0.978. The van der Waals surface area contributed by atoms with Crippen molar-refractivity contribution in [3.8, 4) is 0 Å². The molecule has 2 aliphatic rings. The van der Waals surface area contributed by atoms with Crippen LogP contribution in [0.3, 0.4) is 0 Å². The molecule has 21 heavy (non-hydrogen) atoms. The molecule has 2 aliphatic heterocycles. The van der Waals surface area contributed by atoms with E-state index < -0.39 is 0 Å². The van der Waals surface area contributed by atoms with E-state index in [2.05, 4.69) is 14.9 Å². The molecule has 0 N–H and O–H groups in total. The van der Waals surface area contributed by atoms with E-state index in [1.165, 1.54) is 0 Å². The Bertz CT molecular complexity index is 498. The Labute approximate surface area is 125 Å². The first-order valence-electron chi connectivity index (χ1n) is 7.47. The number of aromatic nitrogens is 2. The Morgan fingerprint density at radius 1 is 1.33 bits per heavy atom. The Kier molecular flexibility index (Phi) is 3.80. The van der Waals surface area contributed by atoms with Crippen molar-refractivity contribution < 1.29 is 9.53 Å². The second-order valence-electron chi connectivity index (χ2n) is 6.16. The molecule has 0 aliphatic carbocycles. The minimum Gasteiger partial charge on any atom is -0.374 e. The SMILES string of the molecule is CN(C)C(=O)[C@H]1COC2(CCN(c3ncccn3)CC2)C1. The van der Waals surface area contributed by atoms with E-state index in [0.717, 1.165) is 38.3 Å². The van der Waals surface area contributed by atoms with Crippen LogP contribution in [0.25, 0.3) is 0 Å². The molecule has 2 saturated heterocycles. The lowest BCUT2D eigenvalue weighted by Gasteiger charge is -2.38. The van der Waals surface area contributed by atoms with Crippen LogP contribution in [0.4, 0.5) is 5.95 Å². The summed E-state index contributed by atoms with van der Waals surface area (Å²) in [4.78, 5) is 24.5. The third-order valence-electron chi connectivity index (χ3n) is 4.51. The van der Waals surface area contributed by atoms with Gasteiger partial charge in [0, 0.05) is 39.6 Å². The summed E-state index contributed by atoms with van der Waals surface area (Å²) in [6.07, 6.45) is 6.24. The van der Waals surface area contributed by atoms with Crippen LogP contribution < -0.4 is 4.90 Å². The van der Waals surface area contributed by atoms with Gasteiger partial charge in [-0.05, 0) is 25.3 Å². The standard InChI is InChI=1S/C15H22N4O2/c1-18(2)13(20)12-10-15(21-11-12)4-8-19(9-5-15)14-16-6-3-7-17-14/h3,6-7,12H,4-5,8-11H2,1-2H3/t12-/m1/s1. The zero-order chi connectivity index (χ0) is 14.9. The highest BCUT2D eigenvalue weighted by Gasteiger charge is 2.45. The van der Waals surface area contributed by atoms with Crippen LogP contribution in [-0.2, 0) is 9.53 Å². The summed E-state index contributed by atoms with van der Waals surface area (Å²) in [6, 6.07) is 1.83. The van der Waals surface area contributed by atoms with Crippen LogP contribution in [-0.4, -0.2) is 60.2 Å². The minimum absolute atomic E-state index is 0.0134. The normalized spacial score (nSPS) is 24.3. The van der Waals surface area contributed by atoms with Gasteiger partial charge in [0.25, 0.3) is 0 Å². The molecule has 1 amide bonds. The van der Waals surface area contributed by atoms with Crippen molar-refractivity contribution in [1.82, 2.24) is 14.9 Å². The van der Waals surface area contributed by atoms with Crippen molar-refractivity contribution >= 4 is 11.9 Å². The third kappa shape index (κ3) is 2.85. The highest BCUT2D eigenvalue weighted by atomic mass is 16.5. The number of piperidine rings is 1. The molecule has 0 saturated carbocycles. The molecule has 1 atom stereocenters. The van der Waals surface area contributed by atoms with E-state index in [4.69, 9.17) is 4.74 Å². The minimum atomic E-state index is -0.123. The molecule has 2 fully saturated rings. The Morgan fingerprint density at radius 3 is 2.62 bits per heavy atom. The van der Waals surface area contributed by atoms with Crippen molar-refractivity contribution in [3.63, 3.8) is 0 Å². The lowest BCUT2D eigenvalue weighted by molar-refractivity contribution is -0.132. The summed E-state index contributed by atoms with van der Waals surface area (Å²) in [6.45, 7) is 2.32. The molecule has 0 radical (unpaired) electrons. The van der Waals surface area contributed by atoms with Crippen molar-refractivity contribution in [2.24, 2.45) is 5.92 Å². The molecule has 0 unspecified atom stereocenters. The molecule has 1 aromatic heterocycles. The first-order chi connectivity index (χ1) is 10.1. The molecule has 1 aromatic rings. The number of ether oxygens (including phenoxy) is 1. The molecule has 1 spiro atoms. The predicted molar refractivity (Wildman–Crippen MR) is 79.0 cm³/mol. The van der Waals surface area contributed by atoms with Crippen LogP contribution in [0.1, 0.15) is 19.3 Å². The first-order valence-corrected chi connectivity index (χ1v) is 7.47. The zero-order valence-electron chi connectivity index (χ0n) is 12.7. The van der Waals surface area contributed by atoms with Crippen LogP contribution in [0.5, 0.6) is 0 Å². The number of anilines is 1. The highest BCUT2D eigenvalue weighted by Crippen LogP contribution is 2.39. The first kappa shape index (κ1) is 14.3. The van der Waals surface area contributed by atoms with Gasteiger partial charge in [-0.3, -0.25) is 4.79 Å². The Balaban J connectivity index is 1.60. The molecule has 6 heteroatoms. The summed E-state index contributed by atoms with van der Waals surface area (Å²) in [7, 11) is 3.62. The van der Waals surface area contributed by atoms with E-state index >= 15 is 0 Å². The predicted octanol–water partition coefficient (Wildman–Crippen LogP) is 0.940. The summed E-state index contributed by atoms with van der Waals surface area (Å²) < 4.78 is 6.03. The number of nitrogens with zero attached hydrogens (tertiary/aromatic N) is 4. The molecule has 6 nitrogen and oxygen atoms in total. The molecular weight excluding hydrogens is 268 g/mol. The van der Waals surface area contributed by atoms with Crippen LogP contribution in [0, 0.1) is 5.92 Å². The number of carbonyl (C=O) groups is 1. The lowest BCUT2D eigenvalue weighted by Crippen LogP contribution is -2.45. The maximum atomic E-state index is 12.1. The zero-order valence-corrected chi connectivity index (χ0v) is 12.7. The van der Waals surface area contributed by atoms with Crippen molar-refractivity contribution in [3.05, 3.63) is 18.5 Å². The largest absolute Gasteiger partial charge is 0.374 e. The van der Waals surface area contributed by atoms with E-state index in [-0.39, 0.29) is 17.4 Å². The average molecular weight is 290 g/mol. The van der Waals surface area contributed by atoms with Gasteiger partial charge < -0.3 is 14.5 Å². The lowest BCUT2D eigenvalue weighted by atomic mass is 9.85. The van der Waals surface area contributed by atoms with Crippen LogP contribution >= 0.6 is 0 Å². The van der Waals surface area contributed by atoms with Gasteiger partial charge in [-0.15, -0.1) is 0 Å². The van der Waals surface area contributed by atoms with E-state index in [1.807, 2.05) is 20.2 Å². The molecule has 114 valence electrons. The maximum Gasteiger partial charge on any atom is 0.227 e. The van der Waals surface area contributed by atoms with Gasteiger partial charge >= 0.3 is 0 Å². The Hall–Kier alpha value is -1.69. The second kappa shape index (κ2) is 5.60. The molecule has 0 bridgehead atoms. The van der Waals surface area contributed by atoms with Gasteiger partial charge in [-0.25, -0.2) is 9.97 Å². The third-order valence-corrected chi connectivity index (χ3v) is 4.51. The number of rotatable bonds is 2. The van der Waals surface area contributed by atoms with Crippen molar-refractivity contribution in [2.45, 2.75) is 24.9 Å². The number of hydrogen-bond donors (Lipinski definition) is 0. The maximum absolute atomic E-state index is 12.1. The number of carbonyl (C=O) groups excluding carboxylic acids is 1. The fourth-order valence-corrected chi connectivity index (χ4v) is 3.29. The van der Waals surface area contributed by atoms with Crippen molar-refractivity contribution in [2.75, 3.05) is 38.7 Å². The van der Waals surface area contributed by atoms with Gasteiger partial charge in [0.2, 0.25) is 11.9 Å². The Morgan fingerprint density at radius 2 is 2.00 bits per heavy atom. The van der Waals surface area contributed by atoms with Crippen LogP contribution in [0.2, 0.25) is 0 Å². The summed E-state index contributed by atoms with van der Waals surface area (Å²) >= 11 is 0. The van der Waals surface area contributed by atoms with Gasteiger partial charge in [-0.2, -0.15) is 0 Å². The van der Waals surface area contributed by atoms with Crippen LogP contribution in [0.15, 0.2) is 18.5 Å². The van der Waals surface area contributed by atoms with E-state index in [1.54, 1.807) is 17.3 Å². The molecular formula is C15H22N4O2. The quantitative estimate of drug-likeness (QED) is 0.811. The van der Waals surface area contributed by atoms with Gasteiger partial charge in [-0.1, -0.05) is 0 Å². The monoisotopic (exact) mass is 290 g/mol. The summed E-state index contributed by atoms with van der Waals surface area (Å²) in [5.41, 5.74) is -0.123. The number of amides is 1. The fraction of sp³-hybridized carbons (Fsp3) is 0.667. The molecule has 3 heterocycles. The number of hydrogen-bond acceptors (Lipinski definition) is 5. The van der Waals surface area contributed by atoms with E-state index in [0.29, 0.717) is 6.61 Å².